The zero-order valence-corrected chi connectivity index (χ0v) is 18.9. The highest BCUT2D eigenvalue weighted by atomic mass is 16.6. The molecule has 3 N–H and O–H groups in total. The molecule has 1 aliphatic carbocycles. The van der Waals surface area contributed by atoms with E-state index in [-0.39, 0.29) is 19.3 Å². The number of rotatable bonds is 11. The highest BCUT2D eigenvalue weighted by molar-refractivity contribution is 5.69. The molecule has 7 heteroatoms. The first-order valence-corrected chi connectivity index (χ1v) is 10.7. The average molecular weight is 423 g/mol. The van der Waals surface area contributed by atoms with Gasteiger partial charge in [-0.05, 0) is 51.5 Å². The first-order valence-electron chi connectivity index (χ1n) is 10.7. The molecule has 0 spiro atoms. The molecule has 2 rings (SSSR count). The molecule has 0 radical (unpaired) electrons. The summed E-state index contributed by atoms with van der Waals surface area (Å²) in [6, 6.07) is 9.24. The number of nitrogens with one attached hydrogen (secondary N) is 1. The van der Waals surface area contributed by atoms with E-state index in [4.69, 9.17) is 9.47 Å². The van der Waals surface area contributed by atoms with Gasteiger partial charge in [-0.3, -0.25) is 0 Å². The Morgan fingerprint density at radius 2 is 1.87 bits per heavy atom. The second-order valence-electron chi connectivity index (χ2n) is 9.66. The van der Waals surface area contributed by atoms with Crippen LogP contribution in [0.3, 0.4) is 0 Å². The third kappa shape index (κ3) is 8.22. The second kappa shape index (κ2) is 10.6. The lowest BCUT2D eigenvalue weighted by Crippen LogP contribution is -2.55. The number of alkyl carbamates (subject to hydrolysis) is 1. The number of nitrogens with zero attached hydrogens (tertiary/aromatic N) is 1. The lowest BCUT2D eigenvalue weighted by atomic mass is 10.0. The molecule has 0 heterocycles. The number of benzene rings is 1. The number of hydrogen-bond donors (Lipinski definition) is 3. The highest BCUT2D eigenvalue weighted by Gasteiger charge is 2.48. The summed E-state index contributed by atoms with van der Waals surface area (Å²) in [5.41, 5.74) is -0.111. The summed E-state index contributed by atoms with van der Waals surface area (Å²) in [6.45, 7) is 10.2. The van der Waals surface area contributed by atoms with E-state index >= 15 is 0 Å². The summed E-state index contributed by atoms with van der Waals surface area (Å²) in [6.07, 6.45) is 0.612. The molecule has 0 aromatic heterocycles. The first kappa shape index (κ1) is 24.6. The summed E-state index contributed by atoms with van der Waals surface area (Å²) in [5.74, 6) is 0.338. The molecule has 1 aromatic rings. The Kier molecular flexibility index (Phi) is 8.67. The topological polar surface area (TPSA) is 91.3 Å². The van der Waals surface area contributed by atoms with Gasteiger partial charge < -0.3 is 25.0 Å². The second-order valence-corrected chi connectivity index (χ2v) is 9.66. The number of amides is 1. The molecule has 30 heavy (non-hydrogen) atoms. The summed E-state index contributed by atoms with van der Waals surface area (Å²) < 4.78 is 11.1. The minimum atomic E-state index is -1.18. The molecule has 0 aliphatic heterocycles. The minimum absolute atomic E-state index is 0.0999. The van der Waals surface area contributed by atoms with Crippen LogP contribution in [0.15, 0.2) is 30.3 Å². The Morgan fingerprint density at radius 1 is 1.23 bits per heavy atom. The van der Waals surface area contributed by atoms with Gasteiger partial charge in [-0.25, -0.2) is 9.69 Å². The Balaban J connectivity index is 2.02. The molecule has 1 amide bonds. The van der Waals surface area contributed by atoms with E-state index in [2.05, 4.69) is 19.2 Å². The van der Waals surface area contributed by atoms with Crippen molar-refractivity contribution in [3.05, 3.63) is 35.9 Å². The predicted octanol–water partition coefficient (Wildman–Crippen LogP) is 3.25. The van der Waals surface area contributed by atoms with E-state index in [0.29, 0.717) is 18.9 Å². The SMILES string of the molecule is CC(C)CC(CO)N(CC1(NC(=O)OCc2ccccc2)CC1)C(O)OC(C)(C)C. The molecule has 1 aromatic carbocycles. The van der Waals surface area contributed by atoms with Gasteiger partial charge in [0.15, 0.2) is 0 Å². The van der Waals surface area contributed by atoms with Crippen molar-refractivity contribution in [2.24, 2.45) is 5.92 Å². The fourth-order valence-electron chi connectivity index (χ4n) is 3.43. The van der Waals surface area contributed by atoms with Gasteiger partial charge in [0.05, 0.1) is 17.7 Å². The molecule has 1 fully saturated rings. The third-order valence-electron chi connectivity index (χ3n) is 5.08. The Labute approximate surface area is 180 Å². The van der Waals surface area contributed by atoms with Crippen LogP contribution in [0.2, 0.25) is 0 Å². The first-order chi connectivity index (χ1) is 14.0. The number of aliphatic hydroxyl groups excluding tert-OH is 2. The quantitative estimate of drug-likeness (QED) is 0.474. The van der Waals surface area contributed by atoms with Crippen LogP contribution in [0.25, 0.3) is 0 Å². The largest absolute Gasteiger partial charge is 0.445 e. The maximum Gasteiger partial charge on any atom is 0.407 e. The summed E-state index contributed by atoms with van der Waals surface area (Å²) >= 11 is 0. The van der Waals surface area contributed by atoms with Gasteiger partial charge in [-0.2, -0.15) is 0 Å². The standard InChI is InChI=1S/C23H38N2O5/c1-17(2)13-19(14-26)25(21(28)30-22(3,4)5)16-23(11-12-23)24-20(27)29-15-18-9-7-6-8-10-18/h6-10,17,19,21,26,28H,11-16H2,1-5H3,(H,24,27). The zero-order valence-electron chi connectivity index (χ0n) is 18.9. The molecule has 0 bridgehead atoms. The van der Waals surface area contributed by atoms with Gasteiger partial charge in [0.25, 0.3) is 0 Å². The van der Waals surface area contributed by atoms with Gasteiger partial charge >= 0.3 is 6.09 Å². The summed E-state index contributed by atoms with van der Waals surface area (Å²) in [7, 11) is 0. The fourth-order valence-corrected chi connectivity index (χ4v) is 3.43. The van der Waals surface area contributed by atoms with Crippen molar-refractivity contribution in [2.45, 2.75) is 84.1 Å². The van der Waals surface area contributed by atoms with Gasteiger partial charge in [0.2, 0.25) is 6.41 Å². The third-order valence-corrected chi connectivity index (χ3v) is 5.08. The summed E-state index contributed by atoms with van der Waals surface area (Å²) in [5, 5.41) is 23.7. The smallest absolute Gasteiger partial charge is 0.407 e. The Hall–Kier alpha value is -1.67. The molecular weight excluding hydrogens is 384 g/mol. The van der Waals surface area contributed by atoms with Crippen molar-refractivity contribution in [3.8, 4) is 0 Å². The molecule has 1 saturated carbocycles. The van der Waals surface area contributed by atoms with E-state index in [9.17, 15) is 15.0 Å². The Bertz CT molecular complexity index is 655. The fraction of sp³-hybridized carbons (Fsp3) is 0.696. The number of carbonyl (C=O) groups excluding carboxylic acids is 1. The van der Waals surface area contributed by atoms with Crippen LogP contribution in [0.4, 0.5) is 4.79 Å². The van der Waals surface area contributed by atoms with E-state index in [1.165, 1.54) is 0 Å². The number of aliphatic hydroxyl groups is 2. The van der Waals surface area contributed by atoms with Crippen LogP contribution in [0.5, 0.6) is 0 Å². The molecule has 7 nitrogen and oxygen atoms in total. The van der Waals surface area contributed by atoms with Gasteiger partial charge in [-0.1, -0.05) is 44.2 Å². The molecule has 0 saturated heterocycles. The zero-order chi connectivity index (χ0) is 22.4. The Morgan fingerprint density at radius 3 is 2.37 bits per heavy atom. The monoisotopic (exact) mass is 422 g/mol. The summed E-state index contributed by atoms with van der Waals surface area (Å²) in [4.78, 5) is 14.1. The van der Waals surface area contributed by atoms with E-state index in [1.807, 2.05) is 51.1 Å². The van der Waals surface area contributed by atoms with Crippen LogP contribution < -0.4 is 5.32 Å². The molecule has 170 valence electrons. The van der Waals surface area contributed by atoms with Crippen LogP contribution in [-0.2, 0) is 16.1 Å². The van der Waals surface area contributed by atoms with Gasteiger partial charge in [0, 0.05) is 12.6 Å². The molecule has 2 unspecified atom stereocenters. The van der Waals surface area contributed by atoms with Gasteiger partial charge in [-0.15, -0.1) is 0 Å². The maximum atomic E-state index is 12.4. The lowest BCUT2D eigenvalue weighted by molar-refractivity contribution is -0.253. The minimum Gasteiger partial charge on any atom is -0.445 e. The van der Waals surface area contributed by atoms with Crippen molar-refractivity contribution >= 4 is 6.09 Å². The average Bonchev–Trinajstić information content (AvgIpc) is 3.41. The predicted molar refractivity (Wildman–Crippen MR) is 116 cm³/mol. The van der Waals surface area contributed by atoms with E-state index < -0.39 is 23.6 Å². The number of ether oxygens (including phenoxy) is 2. The van der Waals surface area contributed by atoms with Gasteiger partial charge in [0.1, 0.15) is 6.61 Å². The van der Waals surface area contributed by atoms with E-state index in [0.717, 1.165) is 18.4 Å². The van der Waals surface area contributed by atoms with Crippen molar-refractivity contribution < 1.29 is 24.5 Å². The number of carbonyl (C=O) groups is 1. The lowest BCUT2D eigenvalue weighted by Gasteiger charge is -2.39. The highest BCUT2D eigenvalue weighted by Crippen LogP contribution is 2.38. The normalized spacial score (nSPS) is 17.6. The van der Waals surface area contributed by atoms with Crippen molar-refractivity contribution in [1.29, 1.82) is 0 Å². The molecule has 2 atom stereocenters. The van der Waals surface area contributed by atoms with Crippen LogP contribution in [-0.4, -0.2) is 58.0 Å². The van der Waals surface area contributed by atoms with Crippen LogP contribution >= 0.6 is 0 Å². The van der Waals surface area contributed by atoms with Crippen LogP contribution in [0, 0.1) is 5.92 Å². The maximum absolute atomic E-state index is 12.4. The number of hydrogen-bond acceptors (Lipinski definition) is 6. The van der Waals surface area contributed by atoms with Crippen molar-refractivity contribution in [3.63, 3.8) is 0 Å². The van der Waals surface area contributed by atoms with E-state index in [1.54, 1.807) is 4.90 Å². The van der Waals surface area contributed by atoms with Crippen molar-refractivity contribution in [2.75, 3.05) is 13.2 Å². The molecular formula is C23H38N2O5. The molecule has 1 aliphatic rings. The van der Waals surface area contributed by atoms with Crippen LogP contribution in [0.1, 0.15) is 59.4 Å². The van der Waals surface area contributed by atoms with Crippen molar-refractivity contribution in [1.82, 2.24) is 10.2 Å².